The first kappa shape index (κ1) is 17.6. The van der Waals surface area contributed by atoms with Crippen LogP contribution in [-0.2, 0) is 6.42 Å². The van der Waals surface area contributed by atoms with Crippen molar-refractivity contribution in [2.24, 2.45) is 0 Å². The van der Waals surface area contributed by atoms with E-state index in [0.717, 1.165) is 22.9 Å². The smallest absolute Gasteiger partial charge is 0.275 e. The average molecular weight is 390 g/mol. The Morgan fingerprint density at radius 1 is 1.24 bits per heavy atom. The van der Waals surface area contributed by atoms with Crippen molar-refractivity contribution in [2.45, 2.75) is 18.8 Å². The number of aromatic amines is 1. The van der Waals surface area contributed by atoms with Crippen molar-refractivity contribution >= 4 is 16.8 Å². The number of aromatic nitrogens is 3. The number of amides is 1. The number of hydrogen-bond acceptors (Lipinski definition) is 4. The van der Waals surface area contributed by atoms with Crippen LogP contribution in [0.1, 0.15) is 40.0 Å². The summed E-state index contributed by atoms with van der Waals surface area (Å²) in [5.74, 6) is 1.01. The van der Waals surface area contributed by atoms with Gasteiger partial charge in [-0.3, -0.25) is 9.89 Å². The highest BCUT2D eigenvalue weighted by Crippen LogP contribution is 2.29. The molecule has 1 amide bonds. The molecule has 5 rings (SSSR count). The standard InChI is InChI=1S/C22H19FN4O2/c23-16-5-3-4-14(10-16)11-17-12-24-21(29-17)15-8-9-27(13-15)22(28)20-18-6-1-2-7-19(18)25-26-20/h1-7,10,12,15H,8-9,11,13H2,(H,25,26). The molecule has 0 radical (unpaired) electrons. The van der Waals surface area contributed by atoms with E-state index >= 15 is 0 Å². The lowest BCUT2D eigenvalue weighted by molar-refractivity contribution is 0.0786. The molecule has 29 heavy (non-hydrogen) atoms. The topological polar surface area (TPSA) is 75.0 Å². The molecule has 1 atom stereocenters. The minimum Gasteiger partial charge on any atom is -0.445 e. The van der Waals surface area contributed by atoms with Gasteiger partial charge >= 0.3 is 0 Å². The minimum absolute atomic E-state index is 0.0467. The number of H-pyrrole nitrogens is 1. The van der Waals surface area contributed by atoms with Gasteiger partial charge in [-0.25, -0.2) is 9.37 Å². The van der Waals surface area contributed by atoms with Gasteiger partial charge in [0.1, 0.15) is 11.6 Å². The summed E-state index contributed by atoms with van der Waals surface area (Å²) in [5, 5.41) is 7.95. The van der Waals surface area contributed by atoms with Crippen molar-refractivity contribution in [2.75, 3.05) is 13.1 Å². The lowest BCUT2D eigenvalue weighted by atomic mass is 10.1. The Balaban J connectivity index is 1.28. The van der Waals surface area contributed by atoms with Crippen LogP contribution >= 0.6 is 0 Å². The van der Waals surface area contributed by atoms with Crippen LogP contribution in [0.4, 0.5) is 4.39 Å². The SMILES string of the molecule is O=C(c1n[nH]c2ccccc12)N1CCC(c2ncc(Cc3cccc(F)c3)o2)C1. The summed E-state index contributed by atoms with van der Waals surface area (Å²) in [4.78, 5) is 19.1. The molecule has 1 aliphatic rings. The number of halogens is 1. The molecule has 3 heterocycles. The van der Waals surface area contributed by atoms with Gasteiger partial charge in [-0.1, -0.05) is 30.3 Å². The Morgan fingerprint density at radius 2 is 2.14 bits per heavy atom. The number of para-hydroxylation sites is 1. The molecule has 1 unspecified atom stereocenters. The molecule has 0 saturated carbocycles. The molecule has 1 saturated heterocycles. The van der Waals surface area contributed by atoms with Gasteiger partial charge in [0.05, 0.1) is 17.6 Å². The lowest BCUT2D eigenvalue weighted by Crippen LogP contribution is -2.29. The van der Waals surface area contributed by atoms with Crippen LogP contribution in [0.2, 0.25) is 0 Å². The Hall–Kier alpha value is -3.48. The van der Waals surface area contributed by atoms with Crippen molar-refractivity contribution in [3.63, 3.8) is 0 Å². The maximum Gasteiger partial charge on any atom is 0.275 e. The molecular formula is C22H19FN4O2. The summed E-state index contributed by atoms with van der Waals surface area (Å²) in [6, 6.07) is 14.1. The van der Waals surface area contributed by atoms with Gasteiger partial charge in [0.2, 0.25) is 0 Å². The number of carbonyl (C=O) groups excluding carboxylic acids is 1. The van der Waals surface area contributed by atoms with Crippen LogP contribution in [0.25, 0.3) is 10.9 Å². The highest BCUT2D eigenvalue weighted by Gasteiger charge is 2.32. The van der Waals surface area contributed by atoms with E-state index in [2.05, 4.69) is 15.2 Å². The summed E-state index contributed by atoms with van der Waals surface area (Å²) < 4.78 is 19.3. The maximum absolute atomic E-state index is 13.4. The third-order valence-electron chi connectivity index (χ3n) is 5.34. The molecule has 1 N–H and O–H groups in total. The molecular weight excluding hydrogens is 371 g/mol. The van der Waals surface area contributed by atoms with Gasteiger partial charge in [0.25, 0.3) is 5.91 Å². The molecule has 2 aromatic heterocycles. The first-order valence-corrected chi connectivity index (χ1v) is 9.59. The van der Waals surface area contributed by atoms with Crippen molar-refractivity contribution < 1.29 is 13.6 Å². The second-order valence-corrected chi connectivity index (χ2v) is 7.33. The fraction of sp³-hybridized carbons (Fsp3) is 0.227. The largest absolute Gasteiger partial charge is 0.445 e. The van der Waals surface area contributed by atoms with Crippen LogP contribution in [0.5, 0.6) is 0 Å². The van der Waals surface area contributed by atoms with Crippen molar-refractivity contribution in [1.82, 2.24) is 20.1 Å². The summed E-state index contributed by atoms with van der Waals surface area (Å²) in [6.45, 7) is 1.17. The summed E-state index contributed by atoms with van der Waals surface area (Å²) in [5.41, 5.74) is 2.13. The first-order valence-electron chi connectivity index (χ1n) is 9.59. The number of oxazole rings is 1. The Morgan fingerprint density at radius 3 is 3.03 bits per heavy atom. The molecule has 4 aromatic rings. The van der Waals surface area contributed by atoms with Gasteiger partial charge in [-0.15, -0.1) is 0 Å². The monoisotopic (exact) mass is 390 g/mol. The Kier molecular flexibility index (Phi) is 4.35. The maximum atomic E-state index is 13.4. The molecule has 0 aliphatic carbocycles. The van der Waals surface area contributed by atoms with Gasteiger partial charge in [-0.2, -0.15) is 5.10 Å². The van der Waals surface area contributed by atoms with Gasteiger partial charge in [-0.05, 0) is 30.2 Å². The zero-order chi connectivity index (χ0) is 19.8. The van der Waals surface area contributed by atoms with Crippen LogP contribution in [0.15, 0.2) is 59.1 Å². The number of likely N-dealkylation sites (tertiary alicyclic amines) is 1. The van der Waals surface area contributed by atoms with E-state index in [1.807, 2.05) is 30.3 Å². The van der Waals surface area contributed by atoms with E-state index in [4.69, 9.17) is 4.42 Å². The van der Waals surface area contributed by atoms with E-state index in [1.165, 1.54) is 12.1 Å². The number of fused-ring (bicyclic) bond motifs is 1. The zero-order valence-corrected chi connectivity index (χ0v) is 15.6. The molecule has 7 heteroatoms. The highest BCUT2D eigenvalue weighted by molar-refractivity contribution is 6.04. The van der Waals surface area contributed by atoms with Crippen LogP contribution in [0.3, 0.4) is 0 Å². The number of hydrogen-bond donors (Lipinski definition) is 1. The molecule has 0 bridgehead atoms. The lowest BCUT2D eigenvalue weighted by Gasteiger charge is -2.14. The van der Waals surface area contributed by atoms with E-state index in [-0.39, 0.29) is 17.6 Å². The minimum atomic E-state index is -0.266. The first-order chi connectivity index (χ1) is 14.2. The average Bonchev–Trinajstić information content (AvgIpc) is 3.46. The van der Waals surface area contributed by atoms with E-state index < -0.39 is 0 Å². The fourth-order valence-corrected chi connectivity index (χ4v) is 3.86. The van der Waals surface area contributed by atoms with Crippen LogP contribution in [0, 0.1) is 5.82 Å². The molecule has 1 aliphatic heterocycles. The summed E-state index contributed by atoms with van der Waals surface area (Å²) >= 11 is 0. The molecule has 1 fully saturated rings. The van der Waals surface area contributed by atoms with E-state index in [9.17, 15) is 9.18 Å². The third kappa shape index (κ3) is 3.40. The predicted molar refractivity (Wildman–Crippen MR) is 105 cm³/mol. The van der Waals surface area contributed by atoms with Gasteiger partial charge < -0.3 is 9.32 Å². The molecule has 2 aromatic carbocycles. The van der Waals surface area contributed by atoms with Crippen LogP contribution < -0.4 is 0 Å². The molecule has 0 spiro atoms. The van der Waals surface area contributed by atoms with E-state index in [0.29, 0.717) is 36.9 Å². The second kappa shape index (κ2) is 7.16. The molecule has 146 valence electrons. The van der Waals surface area contributed by atoms with E-state index in [1.54, 1.807) is 17.2 Å². The number of rotatable bonds is 4. The zero-order valence-electron chi connectivity index (χ0n) is 15.6. The number of nitrogens with zero attached hydrogens (tertiary/aromatic N) is 3. The van der Waals surface area contributed by atoms with Gasteiger partial charge in [0, 0.05) is 24.9 Å². The normalized spacial score (nSPS) is 16.6. The highest BCUT2D eigenvalue weighted by atomic mass is 19.1. The number of benzene rings is 2. The van der Waals surface area contributed by atoms with Crippen molar-refractivity contribution in [3.8, 4) is 0 Å². The molecule has 6 nitrogen and oxygen atoms in total. The number of nitrogens with one attached hydrogen (secondary N) is 1. The van der Waals surface area contributed by atoms with Crippen molar-refractivity contribution in [1.29, 1.82) is 0 Å². The third-order valence-corrected chi connectivity index (χ3v) is 5.34. The van der Waals surface area contributed by atoms with Crippen molar-refractivity contribution in [3.05, 3.63) is 83.5 Å². The van der Waals surface area contributed by atoms with Crippen LogP contribution in [-0.4, -0.2) is 39.1 Å². The van der Waals surface area contributed by atoms with Gasteiger partial charge in [0.15, 0.2) is 11.6 Å². The summed E-state index contributed by atoms with van der Waals surface area (Å²) in [7, 11) is 0. The summed E-state index contributed by atoms with van der Waals surface area (Å²) in [6.07, 6.45) is 2.96. The Labute approximate surface area is 166 Å². The second-order valence-electron chi connectivity index (χ2n) is 7.33. The quantitative estimate of drug-likeness (QED) is 0.573. The fourth-order valence-electron chi connectivity index (χ4n) is 3.86. The number of carbonyl (C=O) groups is 1. The Bertz CT molecular complexity index is 1180. The predicted octanol–water partition coefficient (Wildman–Crippen LogP) is 3.91.